The van der Waals surface area contributed by atoms with Crippen molar-refractivity contribution in [3.63, 3.8) is 0 Å². The van der Waals surface area contributed by atoms with Crippen LogP contribution in [0, 0.1) is 0 Å². The van der Waals surface area contributed by atoms with Crippen molar-refractivity contribution in [1.29, 1.82) is 0 Å². The molecule has 0 aliphatic carbocycles. The average Bonchev–Trinajstić information content (AvgIpc) is 2.81. The van der Waals surface area contributed by atoms with Crippen molar-refractivity contribution < 1.29 is 9.53 Å². The first-order chi connectivity index (χ1) is 9.15. The van der Waals surface area contributed by atoms with Gasteiger partial charge in [0.15, 0.2) is 11.5 Å². The second-order valence-corrected chi connectivity index (χ2v) is 4.54. The van der Waals surface area contributed by atoms with Crippen molar-refractivity contribution in [3.8, 4) is 5.75 Å². The van der Waals surface area contributed by atoms with Crippen LogP contribution in [0.5, 0.6) is 5.75 Å². The molecule has 1 aromatic heterocycles. The number of methoxy groups -OCH3 is 1. The Hall–Kier alpha value is -1.81. The zero-order valence-corrected chi connectivity index (χ0v) is 11.6. The molecule has 1 heterocycles. The summed E-state index contributed by atoms with van der Waals surface area (Å²) < 4.78 is 6.82. The van der Waals surface area contributed by atoms with E-state index >= 15 is 0 Å². The molecular formula is C14H15ClN2O2. The molecule has 2 rings (SSSR count). The number of ketones is 1. The van der Waals surface area contributed by atoms with Crippen LogP contribution in [0.4, 0.5) is 0 Å². The molecule has 0 fully saturated rings. The molecule has 0 atom stereocenters. The van der Waals surface area contributed by atoms with Crippen LogP contribution < -0.4 is 4.74 Å². The second kappa shape index (κ2) is 5.89. The molecule has 4 nitrogen and oxygen atoms in total. The van der Waals surface area contributed by atoms with E-state index in [4.69, 9.17) is 16.3 Å². The molecule has 100 valence electrons. The van der Waals surface area contributed by atoms with Crippen molar-refractivity contribution in [2.45, 2.75) is 19.9 Å². The Bertz CT molecular complexity index is 571. The van der Waals surface area contributed by atoms with Crippen molar-refractivity contribution in [2.75, 3.05) is 7.11 Å². The molecule has 0 aliphatic heterocycles. The summed E-state index contributed by atoms with van der Waals surface area (Å²) in [5.74, 6) is 0.479. The third kappa shape index (κ3) is 2.96. The fraction of sp³-hybridized carbons (Fsp3) is 0.286. The van der Waals surface area contributed by atoms with Crippen molar-refractivity contribution in [3.05, 3.63) is 46.7 Å². The lowest BCUT2D eigenvalue weighted by atomic mass is 10.1. The highest BCUT2D eigenvalue weighted by Crippen LogP contribution is 2.20. The lowest BCUT2D eigenvalue weighted by Gasteiger charge is -2.06. The highest BCUT2D eigenvalue weighted by molar-refractivity contribution is 6.30. The molecule has 0 amide bonds. The van der Waals surface area contributed by atoms with Gasteiger partial charge in [-0.15, -0.1) is 0 Å². The van der Waals surface area contributed by atoms with Gasteiger partial charge in [-0.3, -0.25) is 9.48 Å². The quantitative estimate of drug-likeness (QED) is 0.790. The fourth-order valence-electron chi connectivity index (χ4n) is 1.95. The summed E-state index contributed by atoms with van der Waals surface area (Å²) in [6.45, 7) is 2.56. The number of aromatic nitrogens is 2. The molecule has 0 radical (unpaired) electrons. The number of carbonyl (C=O) groups excluding carboxylic acids is 1. The van der Waals surface area contributed by atoms with Gasteiger partial charge in [-0.25, -0.2) is 0 Å². The van der Waals surface area contributed by atoms with E-state index in [9.17, 15) is 4.79 Å². The van der Waals surface area contributed by atoms with Gasteiger partial charge in [0.05, 0.1) is 13.3 Å². The third-order valence-corrected chi connectivity index (χ3v) is 3.08. The lowest BCUT2D eigenvalue weighted by Crippen LogP contribution is -2.12. The van der Waals surface area contributed by atoms with Crippen LogP contribution in [0.2, 0.25) is 5.02 Å². The topological polar surface area (TPSA) is 44.1 Å². The number of ether oxygens (including phenoxy) is 1. The molecule has 19 heavy (non-hydrogen) atoms. The maximum absolute atomic E-state index is 12.4. The Balaban J connectivity index is 2.27. The van der Waals surface area contributed by atoms with E-state index in [0.717, 1.165) is 5.56 Å². The zero-order chi connectivity index (χ0) is 13.8. The largest absolute Gasteiger partial charge is 0.493 e. The summed E-state index contributed by atoms with van der Waals surface area (Å²) in [4.78, 5) is 12.4. The number of aryl methyl sites for hydroxylation is 1. The third-order valence-electron chi connectivity index (χ3n) is 2.84. The van der Waals surface area contributed by atoms with Crippen molar-refractivity contribution >= 4 is 17.4 Å². The minimum Gasteiger partial charge on any atom is -0.493 e. The van der Waals surface area contributed by atoms with E-state index in [0.29, 0.717) is 23.0 Å². The van der Waals surface area contributed by atoms with Crippen LogP contribution in [0.25, 0.3) is 0 Å². The number of halogens is 1. The Morgan fingerprint density at radius 2 is 2.26 bits per heavy atom. The number of Topliss-reactive ketones (excluding diaryl/α,β-unsaturated/α-hetero) is 1. The minimum absolute atomic E-state index is 0.0292. The van der Waals surface area contributed by atoms with Gasteiger partial charge in [-0.2, -0.15) is 5.10 Å². The maximum Gasteiger partial charge on any atom is 0.189 e. The Morgan fingerprint density at radius 1 is 1.47 bits per heavy atom. The monoisotopic (exact) mass is 278 g/mol. The molecule has 5 heteroatoms. The van der Waals surface area contributed by atoms with E-state index in [1.54, 1.807) is 23.0 Å². The normalized spacial score (nSPS) is 10.5. The first kappa shape index (κ1) is 13.6. The number of carbonyl (C=O) groups is 1. The van der Waals surface area contributed by atoms with Crippen LogP contribution in [0.15, 0.2) is 30.5 Å². The van der Waals surface area contributed by atoms with E-state index in [2.05, 4.69) is 5.10 Å². The molecule has 0 unspecified atom stereocenters. The Morgan fingerprint density at radius 3 is 2.89 bits per heavy atom. The maximum atomic E-state index is 12.4. The minimum atomic E-state index is -0.0292. The van der Waals surface area contributed by atoms with Gasteiger partial charge in [0.25, 0.3) is 0 Å². The van der Waals surface area contributed by atoms with Gasteiger partial charge in [0, 0.05) is 18.0 Å². The number of rotatable bonds is 5. The molecule has 1 aromatic carbocycles. The Labute approximate surface area is 116 Å². The predicted octanol–water partition coefficient (Wildman–Crippen LogP) is 2.99. The molecule has 0 spiro atoms. The number of benzene rings is 1. The molecule has 0 saturated heterocycles. The SMILES string of the molecule is CCn1ncc(OC)c1C(=O)Cc1cccc(Cl)c1. The van der Waals surface area contributed by atoms with E-state index in [1.807, 2.05) is 19.1 Å². The van der Waals surface area contributed by atoms with Crippen LogP contribution >= 0.6 is 11.6 Å². The molecule has 0 saturated carbocycles. The Kier molecular flexibility index (Phi) is 4.22. The van der Waals surface area contributed by atoms with Gasteiger partial charge in [0.1, 0.15) is 5.69 Å². The van der Waals surface area contributed by atoms with Crippen LogP contribution in [0.3, 0.4) is 0 Å². The average molecular weight is 279 g/mol. The van der Waals surface area contributed by atoms with Crippen LogP contribution in [0.1, 0.15) is 23.0 Å². The number of hydrogen-bond donors (Lipinski definition) is 0. The highest BCUT2D eigenvalue weighted by atomic mass is 35.5. The van der Waals surface area contributed by atoms with E-state index in [1.165, 1.54) is 7.11 Å². The summed E-state index contributed by atoms with van der Waals surface area (Å²) in [5.41, 5.74) is 1.38. The first-order valence-electron chi connectivity index (χ1n) is 6.03. The smallest absolute Gasteiger partial charge is 0.189 e. The van der Waals surface area contributed by atoms with Crippen molar-refractivity contribution in [2.24, 2.45) is 0 Å². The van der Waals surface area contributed by atoms with Crippen LogP contribution in [-0.4, -0.2) is 22.7 Å². The number of hydrogen-bond acceptors (Lipinski definition) is 3. The van der Waals surface area contributed by atoms with Gasteiger partial charge < -0.3 is 4.74 Å². The zero-order valence-electron chi connectivity index (χ0n) is 10.9. The van der Waals surface area contributed by atoms with Gasteiger partial charge in [0.2, 0.25) is 0 Å². The predicted molar refractivity (Wildman–Crippen MR) is 73.9 cm³/mol. The van der Waals surface area contributed by atoms with Crippen molar-refractivity contribution in [1.82, 2.24) is 9.78 Å². The first-order valence-corrected chi connectivity index (χ1v) is 6.41. The summed E-state index contributed by atoms with van der Waals surface area (Å²) in [6.07, 6.45) is 1.84. The molecule has 0 bridgehead atoms. The number of nitrogens with zero attached hydrogens (tertiary/aromatic N) is 2. The molecule has 2 aromatic rings. The summed E-state index contributed by atoms with van der Waals surface area (Å²) in [7, 11) is 1.53. The second-order valence-electron chi connectivity index (χ2n) is 4.11. The fourth-order valence-corrected chi connectivity index (χ4v) is 2.17. The molecule has 0 aliphatic rings. The molecule has 0 N–H and O–H groups in total. The lowest BCUT2D eigenvalue weighted by molar-refractivity contribution is 0.0979. The van der Waals surface area contributed by atoms with Gasteiger partial charge in [-0.1, -0.05) is 23.7 Å². The summed E-state index contributed by atoms with van der Waals surface area (Å²) >= 11 is 5.92. The van der Waals surface area contributed by atoms with Gasteiger partial charge >= 0.3 is 0 Å². The highest BCUT2D eigenvalue weighted by Gasteiger charge is 2.18. The van der Waals surface area contributed by atoms with E-state index < -0.39 is 0 Å². The van der Waals surface area contributed by atoms with E-state index in [-0.39, 0.29) is 12.2 Å². The van der Waals surface area contributed by atoms with Gasteiger partial charge in [-0.05, 0) is 24.6 Å². The standard InChI is InChI=1S/C14H15ClN2O2/c1-3-17-14(13(19-2)9-16-17)12(18)8-10-5-4-6-11(15)7-10/h4-7,9H,3,8H2,1-2H3. The summed E-state index contributed by atoms with van der Waals surface area (Å²) in [6, 6.07) is 7.28. The van der Waals surface area contributed by atoms with Crippen LogP contribution in [-0.2, 0) is 13.0 Å². The molecular weight excluding hydrogens is 264 g/mol. The summed E-state index contributed by atoms with van der Waals surface area (Å²) in [5, 5.41) is 4.76.